The van der Waals surface area contributed by atoms with Crippen LogP contribution in [0.1, 0.15) is 86.0 Å². The minimum Gasteiger partial charge on any atom is -0.469 e. The van der Waals surface area contributed by atoms with Gasteiger partial charge in [0.1, 0.15) is 12.2 Å². The second-order valence-corrected chi connectivity index (χ2v) is 11.9. The Hall–Kier alpha value is -1.59. The molecule has 0 saturated heterocycles. The Morgan fingerprint density at radius 1 is 0.879 bits per heavy atom. The van der Waals surface area contributed by atoms with E-state index >= 15 is 0 Å². The highest BCUT2D eigenvalue weighted by atomic mass is 16.5. The van der Waals surface area contributed by atoms with Gasteiger partial charge in [0.15, 0.2) is 0 Å². The third kappa shape index (κ3) is 3.99. The SMILES string of the molecule is COC(=O)[C@H](C)[C@H]1CC[C@H]2[C@@H]3CC[C@H]4C[C@H](OC(C)=O)CC[C@]4(C)[C@H]3C[C@H](OC(C)=O)[C@]12C. The van der Waals surface area contributed by atoms with Crippen LogP contribution in [0.2, 0.25) is 0 Å². The molecule has 4 fully saturated rings. The molecule has 0 bridgehead atoms. The molecule has 0 unspecified atom stereocenters. The summed E-state index contributed by atoms with van der Waals surface area (Å²) in [4.78, 5) is 36.3. The molecule has 0 aromatic rings. The Morgan fingerprint density at radius 2 is 1.58 bits per heavy atom. The fraction of sp³-hybridized carbons (Fsp3) is 0.889. The Kier molecular flexibility index (Phi) is 6.60. The van der Waals surface area contributed by atoms with Crippen LogP contribution in [0.5, 0.6) is 0 Å². The van der Waals surface area contributed by atoms with Crippen molar-refractivity contribution in [2.24, 2.45) is 46.3 Å². The predicted molar refractivity (Wildman–Crippen MR) is 123 cm³/mol. The topological polar surface area (TPSA) is 78.9 Å². The van der Waals surface area contributed by atoms with Crippen molar-refractivity contribution in [2.45, 2.75) is 98.2 Å². The molecule has 0 aromatic heterocycles. The normalized spacial score (nSPS) is 45.1. The highest BCUT2D eigenvalue weighted by Crippen LogP contribution is 2.68. The van der Waals surface area contributed by atoms with E-state index in [1.807, 2.05) is 6.92 Å². The highest BCUT2D eigenvalue weighted by Gasteiger charge is 2.65. The lowest BCUT2D eigenvalue weighted by Crippen LogP contribution is -2.60. The zero-order chi connectivity index (χ0) is 24.1. The van der Waals surface area contributed by atoms with Gasteiger partial charge in [0, 0.05) is 19.3 Å². The highest BCUT2D eigenvalue weighted by molar-refractivity contribution is 5.72. The molecule has 4 aliphatic rings. The van der Waals surface area contributed by atoms with Crippen LogP contribution in [0.15, 0.2) is 0 Å². The zero-order valence-corrected chi connectivity index (χ0v) is 21.2. The van der Waals surface area contributed by atoms with Crippen LogP contribution in [0.4, 0.5) is 0 Å². The molecule has 0 spiro atoms. The molecule has 6 nitrogen and oxygen atoms in total. The third-order valence-electron chi connectivity index (χ3n) is 10.6. The van der Waals surface area contributed by atoms with E-state index in [0.29, 0.717) is 23.7 Å². The maximum absolute atomic E-state index is 12.5. The van der Waals surface area contributed by atoms with Gasteiger partial charge >= 0.3 is 17.9 Å². The first-order valence-corrected chi connectivity index (χ1v) is 12.9. The van der Waals surface area contributed by atoms with E-state index in [9.17, 15) is 14.4 Å². The smallest absolute Gasteiger partial charge is 0.308 e. The molecule has 0 amide bonds. The van der Waals surface area contributed by atoms with Gasteiger partial charge in [-0.3, -0.25) is 14.4 Å². The van der Waals surface area contributed by atoms with Gasteiger partial charge in [-0.05, 0) is 86.4 Å². The van der Waals surface area contributed by atoms with E-state index in [-0.39, 0.29) is 52.8 Å². The summed E-state index contributed by atoms with van der Waals surface area (Å²) in [6.45, 7) is 9.71. The number of hydrogen-bond donors (Lipinski definition) is 0. The first-order chi connectivity index (χ1) is 15.5. The van der Waals surface area contributed by atoms with Crippen LogP contribution in [0.25, 0.3) is 0 Å². The van der Waals surface area contributed by atoms with Gasteiger partial charge in [-0.25, -0.2) is 0 Å². The summed E-state index contributed by atoms with van der Waals surface area (Å²) in [6.07, 6.45) is 8.03. The summed E-state index contributed by atoms with van der Waals surface area (Å²) in [5.41, 5.74) is -0.0378. The van der Waals surface area contributed by atoms with Crippen molar-refractivity contribution in [3.8, 4) is 0 Å². The number of esters is 3. The number of fused-ring (bicyclic) bond motifs is 5. The standard InChI is InChI=1S/C27H42O6/c1-15(25(30)31-6)21-9-10-22-20-8-7-18-13-19(32-16(2)28)11-12-26(18,4)23(20)14-24(27(21,22)5)33-17(3)29/h15,18-24H,7-14H2,1-6H3/t15-,18+,19-,20+,21-,22+,23+,24+,26+,27-/m1/s1. The molecule has 4 rings (SSSR count). The van der Waals surface area contributed by atoms with Crippen molar-refractivity contribution in [1.82, 2.24) is 0 Å². The number of ether oxygens (including phenoxy) is 3. The van der Waals surface area contributed by atoms with Gasteiger partial charge in [-0.15, -0.1) is 0 Å². The van der Waals surface area contributed by atoms with Crippen LogP contribution < -0.4 is 0 Å². The molecular weight excluding hydrogens is 420 g/mol. The quantitative estimate of drug-likeness (QED) is 0.435. The third-order valence-corrected chi connectivity index (χ3v) is 10.6. The van der Waals surface area contributed by atoms with Crippen molar-refractivity contribution >= 4 is 17.9 Å². The number of carbonyl (C=O) groups is 3. The summed E-state index contributed by atoms with van der Waals surface area (Å²) >= 11 is 0. The largest absolute Gasteiger partial charge is 0.469 e. The summed E-state index contributed by atoms with van der Waals surface area (Å²) in [7, 11) is 1.46. The molecule has 33 heavy (non-hydrogen) atoms. The number of hydrogen-bond acceptors (Lipinski definition) is 6. The van der Waals surface area contributed by atoms with Crippen molar-refractivity contribution in [2.75, 3.05) is 7.11 Å². The Bertz CT molecular complexity index is 793. The first-order valence-electron chi connectivity index (χ1n) is 12.9. The predicted octanol–water partition coefficient (Wildman–Crippen LogP) is 4.93. The number of rotatable bonds is 4. The van der Waals surface area contributed by atoms with Crippen molar-refractivity contribution in [3.05, 3.63) is 0 Å². The molecule has 0 radical (unpaired) electrons. The van der Waals surface area contributed by atoms with Crippen LogP contribution in [0.3, 0.4) is 0 Å². The molecule has 4 aliphatic carbocycles. The van der Waals surface area contributed by atoms with E-state index in [4.69, 9.17) is 14.2 Å². The lowest BCUT2D eigenvalue weighted by molar-refractivity contribution is -0.198. The first kappa shape index (κ1) is 24.5. The van der Waals surface area contributed by atoms with Gasteiger partial charge in [-0.2, -0.15) is 0 Å². The second-order valence-electron chi connectivity index (χ2n) is 11.9. The van der Waals surface area contributed by atoms with E-state index in [0.717, 1.165) is 44.9 Å². The summed E-state index contributed by atoms with van der Waals surface area (Å²) < 4.78 is 16.8. The van der Waals surface area contributed by atoms with Crippen LogP contribution in [0, 0.1) is 46.3 Å². The average molecular weight is 463 g/mol. The van der Waals surface area contributed by atoms with Crippen molar-refractivity contribution in [3.63, 3.8) is 0 Å². The summed E-state index contributed by atoms with van der Waals surface area (Å²) in [5, 5.41) is 0. The van der Waals surface area contributed by atoms with Crippen molar-refractivity contribution < 1.29 is 28.6 Å². The molecule has 10 atom stereocenters. The molecule has 4 saturated carbocycles. The zero-order valence-electron chi connectivity index (χ0n) is 21.2. The second kappa shape index (κ2) is 8.88. The van der Waals surface area contributed by atoms with E-state index in [1.165, 1.54) is 27.4 Å². The molecular formula is C27H42O6. The van der Waals surface area contributed by atoms with Crippen molar-refractivity contribution in [1.29, 1.82) is 0 Å². The minimum absolute atomic E-state index is 0.0343. The molecule has 6 heteroatoms. The lowest BCUT2D eigenvalue weighted by atomic mass is 9.43. The van der Waals surface area contributed by atoms with Gasteiger partial charge < -0.3 is 14.2 Å². The Morgan fingerprint density at radius 3 is 2.21 bits per heavy atom. The van der Waals surface area contributed by atoms with Gasteiger partial charge in [0.05, 0.1) is 13.0 Å². The van der Waals surface area contributed by atoms with Crippen LogP contribution >= 0.6 is 0 Å². The average Bonchev–Trinajstić information content (AvgIpc) is 3.11. The van der Waals surface area contributed by atoms with Crippen LogP contribution in [-0.4, -0.2) is 37.2 Å². The fourth-order valence-electron chi connectivity index (χ4n) is 9.08. The maximum atomic E-state index is 12.5. The Labute approximate surface area is 198 Å². The Balaban J connectivity index is 1.64. The maximum Gasteiger partial charge on any atom is 0.308 e. The molecule has 0 aliphatic heterocycles. The monoisotopic (exact) mass is 462 g/mol. The lowest BCUT2D eigenvalue weighted by Gasteiger charge is -2.62. The molecule has 0 aromatic carbocycles. The molecule has 186 valence electrons. The van der Waals surface area contributed by atoms with Gasteiger partial charge in [0.25, 0.3) is 0 Å². The summed E-state index contributed by atoms with van der Waals surface area (Å²) in [5.74, 6) is 1.43. The van der Waals surface area contributed by atoms with E-state index in [2.05, 4.69) is 13.8 Å². The van der Waals surface area contributed by atoms with Gasteiger partial charge in [-0.1, -0.05) is 20.8 Å². The molecule has 0 N–H and O–H groups in total. The minimum atomic E-state index is -0.231. The van der Waals surface area contributed by atoms with E-state index in [1.54, 1.807) is 0 Å². The number of methoxy groups -OCH3 is 1. The van der Waals surface area contributed by atoms with Crippen LogP contribution in [-0.2, 0) is 28.6 Å². The van der Waals surface area contributed by atoms with E-state index < -0.39 is 0 Å². The molecule has 0 heterocycles. The number of carbonyl (C=O) groups excluding carboxylic acids is 3. The fourth-order valence-corrected chi connectivity index (χ4v) is 9.08. The summed E-state index contributed by atoms with van der Waals surface area (Å²) in [6, 6.07) is 0. The van der Waals surface area contributed by atoms with Gasteiger partial charge in [0.2, 0.25) is 0 Å².